The van der Waals surface area contributed by atoms with Crippen LogP contribution in [0.5, 0.6) is 0 Å². The van der Waals surface area contributed by atoms with Gasteiger partial charge in [0.05, 0.1) is 10.0 Å². The molecule has 1 rings (SSSR count). The number of halogens is 3. The van der Waals surface area contributed by atoms with Gasteiger partial charge in [0.15, 0.2) is 0 Å². The monoisotopic (exact) mass is 220 g/mol. The molecular formula is C9H7Cl3. The summed E-state index contributed by atoms with van der Waals surface area (Å²) in [5.41, 5.74) is 0.907. The van der Waals surface area contributed by atoms with Gasteiger partial charge in [-0.25, -0.2) is 0 Å². The lowest BCUT2D eigenvalue weighted by Crippen LogP contribution is -1.83. The first-order valence-corrected chi connectivity index (χ1v) is 4.53. The molecule has 0 aliphatic heterocycles. The van der Waals surface area contributed by atoms with Gasteiger partial charge in [-0.15, -0.1) is 6.58 Å². The van der Waals surface area contributed by atoms with Crippen molar-refractivity contribution in [1.82, 2.24) is 0 Å². The number of allylic oxidation sites excluding steroid dienone is 1. The van der Waals surface area contributed by atoms with E-state index in [0.717, 1.165) is 5.56 Å². The third-order valence-corrected chi connectivity index (χ3v) is 2.49. The maximum absolute atomic E-state index is 5.91. The van der Waals surface area contributed by atoms with Gasteiger partial charge in [0.2, 0.25) is 0 Å². The van der Waals surface area contributed by atoms with Crippen molar-refractivity contribution in [3.63, 3.8) is 0 Å². The minimum absolute atomic E-state index is 0.487. The van der Waals surface area contributed by atoms with Crippen molar-refractivity contribution in [1.29, 1.82) is 0 Å². The number of benzene rings is 1. The summed E-state index contributed by atoms with van der Waals surface area (Å²) < 4.78 is 0. The Bertz CT molecular complexity index is 305. The lowest BCUT2D eigenvalue weighted by molar-refractivity contribution is 1.28. The summed E-state index contributed by atoms with van der Waals surface area (Å²) in [4.78, 5) is 0. The van der Waals surface area contributed by atoms with Crippen molar-refractivity contribution in [2.24, 2.45) is 0 Å². The van der Waals surface area contributed by atoms with Crippen molar-refractivity contribution in [2.45, 2.75) is 6.42 Å². The van der Waals surface area contributed by atoms with Crippen molar-refractivity contribution in [3.8, 4) is 0 Å². The Morgan fingerprint density at radius 2 is 1.92 bits per heavy atom. The normalized spacial score (nSPS) is 9.92. The summed E-state index contributed by atoms with van der Waals surface area (Å²) in [7, 11) is 0. The van der Waals surface area contributed by atoms with E-state index in [1.807, 2.05) is 0 Å². The van der Waals surface area contributed by atoms with Gasteiger partial charge in [-0.05, 0) is 24.1 Å². The molecule has 0 radical (unpaired) electrons. The molecule has 0 nitrogen and oxygen atoms in total. The first kappa shape index (κ1) is 9.91. The van der Waals surface area contributed by atoms with Crippen LogP contribution in [0.2, 0.25) is 15.1 Å². The van der Waals surface area contributed by atoms with Gasteiger partial charge in [-0.1, -0.05) is 40.9 Å². The van der Waals surface area contributed by atoms with Gasteiger partial charge in [0.1, 0.15) is 0 Å². The SMILES string of the molecule is C=CCc1cc(Cl)cc(Cl)c1Cl. The zero-order chi connectivity index (χ0) is 9.14. The predicted octanol–water partition coefficient (Wildman–Crippen LogP) is 4.38. The van der Waals surface area contributed by atoms with E-state index in [-0.39, 0.29) is 0 Å². The Labute approximate surface area is 86.7 Å². The van der Waals surface area contributed by atoms with Crippen LogP contribution in [0.4, 0.5) is 0 Å². The zero-order valence-corrected chi connectivity index (χ0v) is 8.55. The molecule has 0 fully saturated rings. The fraction of sp³-hybridized carbons (Fsp3) is 0.111. The molecule has 0 aliphatic rings. The molecule has 1 aromatic carbocycles. The molecule has 12 heavy (non-hydrogen) atoms. The molecular weight excluding hydrogens is 214 g/mol. The van der Waals surface area contributed by atoms with Crippen molar-refractivity contribution < 1.29 is 0 Å². The van der Waals surface area contributed by atoms with Gasteiger partial charge < -0.3 is 0 Å². The summed E-state index contributed by atoms with van der Waals surface area (Å²) in [6.07, 6.45) is 2.44. The fourth-order valence-corrected chi connectivity index (χ4v) is 1.64. The van der Waals surface area contributed by atoms with E-state index in [9.17, 15) is 0 Å². The number of hydrogen-bond acceptors (Lipinski definition) is 0. The van der Waals surface area contributed by atoms with Crippen LogP contribution < -0.4 is 0 Å². The molecule has 0 bridgehead atoms. The third-order valence-electron chi connectivity index (χ3n) is 1.43. The average Bonchev–Trinajstić information content (AvgIpc) is 2.00. The highest BCUT2D eigenvalue weighted by atomic mass is 35.5. The minimum Gasteiger partial charge on any atom is -0.103 e. The summed E-state index contributed by atoms with van der Waals surface area (Å²) in [5.74, 6) is 0. The average molecular weight is 222 g/mol. The maximum atomic E-state index is 5.91. The van der Waals surface area contributed by atoms with Crippen molar-refractivity contribution >= 4 is 34.8 Å². The molecule has 0 spiro atoms. The molecule has 0 N–H and O–H groups in total. The minimum atomic E-state index is 0.487. The first-order chi connectivity index (χ1) is 5.65. The summed E-state index contributed by atoms with van der Waals surface area (Å²) in [6.45, 7) is 3.61. The lowest BCUT2D eigenvalue weighted by Gasteiger charge is -2.03. The van der Waals surface area contributed by atoms with Gasteiger partial charge in [0.25, 0.3) is 0 Å². The molecule has 0 unspecified atom stereocenters. The second-order valence-electron chi connectivity index (χ2n) is 2.35. The van der Waals surface area contributed by atoms with E-state index in [2.05, 4.69) is 6.58 Å². The molecule has 0 heterocycles. The highest BCUT2D eigenvalue weighted by Crippen LogP contribution is 2.29. The van der Waals surface area contributed by atoms with Crippen molar-refractivity contribution in [3.05, 3.63) is 45.4 Å². The first-order valence-electron chi connectivity index (χ1n) is 3.39. The van der Waals surface area contributed by atoms with E-state index in [1.54, 1.807) is 18.2 Å². The predicted molar refractivity (Wildman–Crippen MR) is 55.4 cm³/mol. The molecule has 64 valence electrons. The van der Waals surface area contributed by atoms with Crippen LogP contribution in [0, 0.1) is 0 Å². The quantitative estimate of drug-likeness (QED) is 0.514. The molecule has 1 aromatic rings. The molecule has 0 saturated heterocycles. The summed E-state index contributed by atoms with van der Waals surface area (Å²) in [5, 5.41) is 1.64. The molecule has 0 aliphatic carbocycles. The van der Waals surface area contributed by atoms with Crippen LogP contribution >= 0.6 is 34.8 Å². The van der Waals surface area contributed by atoms with Crippen LogP contribution in [-0.4, -0.2) is 0 Å². The highest BCUT2D eigenvalue weighted by molar-refractivity contribution is 6.43. The van der Waals surface area contributed by atoms with Crippen LogP contribution in [0.15, 0.2) is 24.8 Å². The van der Waals surface area contributed by atoms with Crippen molar-refractivity contribution in [2.75, 3.05) is 0 Å². The largest absolute Gasteiger partial charge is 0.103 e. The maximum Gasteiger partial charge on any atom is 0.0628 e. The smallest absolute Gasteiger partial charge is 0.0628 e. The third kappa shape index (κ3) is 2.16. The Balaban J connectivity index is 3.17. The van der Waals surface area contributed by atoms with E-state index in [0.29, 0.717) is 21.5 Å². The number of rotatable bonds is 2. The molecule has 0 aromatic heterocycles. The number of hydrogen-bond donors (Lipinski definition) is 0. The van der Waals surface area contributed by atoms with Crippen LogP contribution in [-0.2, 0) is 6.42 Å². The second-order valence-corrected chi connectivity index (χ2v) is 3.58. The van der Waals surface area contributed by atoms with Crippen LogP contribution in [0.1, 0.15) is 5.56 Å². The van der Waals surface area contributed by atoms with E-state index >= 15 is 0 Å². The molecule has 3 heteroatoms. The van der Waals surface area contributed by atoms with Gasteiger partial charge >= 0.3 is 0 Å². The highest BCUT2D eigenvalue weighted by Gasteiger charge is 2.04. The van der Waals surface area contributed by atoms with E-state index < -0.39 is 0 Å². The lowest BCUT2D eigenvalue weighted by atomic mass is 10.1. The van der Waals surface area contributed by atoms with Gasteiger partial charge in [0, 0.05) is 5.02 Å². The van der Waals surface area contributed by atoms with Gasteiger partial charge in [-0.3, -0.25) is 0 Å². The molecule has 0 atom stereocenters. The Morgan fingerprint density at radius 1 is 1.25 bits per heavy atom. The second kappa shape index (κ2) is 4.18. The Morgan fingerprint density at radius 3 is 2.50 bits per heavy atom. The standard InChI is InChI=1S/C9H7Cl3/c1-2-3-6-4-7(10)5-8(11)9(6)12/h2,4-5H,1,3H2. The Hall–Kier alpha value is -0.170. The van der Waals surface area contributed by atoms with Crippen LogP contribution in [0.25, 0.3) is 0 Å². The fourth-order valence-electron chi connectivity index (χ4n) is 0.913. The topological polar surface area (TPSA) is 0 Å². The summed E-state index contributed by atoms with van der Waals surface area (Å²) in [6, 6.07) is 3.41. The van der Waals surface area contributed by atoms with Crippen LogP contribution in [0.3, 0.4) is 0 Å². The summed E-state index contributed by atoms with van der Waals surface area (Å²) >= 11 is 17.5. The molecule has 0 saturated carbocycles. The van der Waals surface area contributed by atoms with Gasteiger partial charge in [-0.2, -0.15) is 0 Å². The Kier molecular flexibility index (Phi) is 3.45. The van der Waals surface area contributed by atoms with E-state index in [4.69, 9.17) is 34.8 Å². The molecule has 0 amide bonds. The van der Waals surface area contributed by atoms with E-state index in [1.165, 1.54) is 0 Å². The zero-order valence-electron chi connectivity index (χ0n) is 6.28.